The van der Waals surface area contributed by atoms with Gasteiger partial charge >= 0.3 is 0 Å². The number of hydrogen-bond donors (Lipinski definition) is 1. The number of amides is 1. The summed E-state index contributed by atoms with van der Waals surface area (Å²) in [5.74, 6) is 0.124. The van der Waals surface area contributed by atoms with E-state index in [2.05, 4.69) is 19.2 Å². The molecule has 0 fully saturated rings. The molecule has 0 spiro atoms. The predicted octanol–water partition coefficient (Wildman–Crippen LogP) is 3.38. The van der Waals surface area contributed by atoms with Crippen LogP contribution in [0, 0.1) is 0 Å². The molecule has 1 aromatic carbocycles. The Balaban J connectivity index is 2.89. The summed E-state index contributed by atoms with van der Waals surface area (Å²) < 4.78 is 0. The third-order valence-corrected chi connectivity index (χ3v) is 2.89. The predicted molar refractivity (Wildman–Crippen MR) is 77.1 cm³/mol. The van der Waals surface area contributed by atoms with Gasteiger partial charge in [-0.2, -0.15) is 0 Å². The quantitative estimate of drug-likeness (QED) is 0.802. The van der Waals surface area contributed by atoms with Gasteiger partial charge in [0.1, 0.15) is 0 Å². The molecule has 1 N–H and O–H groups in total. The number of benzene rings is 1. The molecule has 1 rings (SSSR count). The van der Waals surface area contributed by atoms with Gasteiger partial charge in [-0.05, 0) is 31.9 Å². The Hall–Kier alpha value is -1.51. The second-order valence-corrected chi connectivity index (χ2v) is 4.36. The van der Waals surface area contributed by atoms with Crippen LogP contribution in [0.4, 0.5) is 5.69 Å². The van der Waals surface area contributed by atoms with Crippen LogP contribution in [0.25, 0.3) is 0 Å². The van der Waals surface area contributed by atoms with Crippen LogP contribution in [0.3, 0.4) is 0 Å². The maximum absolute atomic E-state index is 12.4. The fourth-order valence-electron chi connectivity index (χ4n) is 1.93. The lowest BCUT2D eigenvalue weighted by atomic mass is 10.1. The molecule has 18 heavy (non-hydrogen) atoms. The standard InChI is InChI=1S/C15H24N2O/c1-4-11-16-14-10-8-7-9-13(14)15(18)17(6-3)12-5-2/h7-10,16H,4-6,11-12H2,1-3H3. The van der Waals surface area contributed by atoms with Gasteiger partial charge in [-0.3, -0.25) is 4.79 Å². The van der Waals surface area contributed by atoms with Gasteiger partial charge in [-0.15, -0.1) is 0 Å². The fourth-order valence-corrected chi connectivity index (χ4v) is 1.93. The van der Waals surface area contributed by atoms with Crippen molar-refractivity contribution in [2.24, 2.45) is 0 Å². The van der Waals surface area contributed by atoms with Gasteiger partial charge in [0.15, 0.2) is 0 Å². The lowest BCUT2D eigenvalue weighted by Crippen LogP contribution is -2.32. The molecule has 0 atom stereocenters. The molecule has 0 aliphatic heterocycles. The fraction of sp³-hybridized carbons (Fsp3) is 0.533. The van der Waals surface area contributed by atoms with Crippen molar-refractivity contribution in [3.63, 3.8) is 0 Å². The second kappa shape index (κ2) is 7.75. The van der Waals surface area contributed by atoms with Gasteiger partial charge in [0.25, 0.3) is 5.91 Å². The number of carbonyl (C=O) groups excluding carboxylic acids is 1. The molecule has 0 aliphatic rings. The van der Waals surface area contributed by atoms with Crippen LogP contribution in [0.1, 0.15) is 44.0 Å². The van der Waals surface area contributed by atoms with Gasteiger partial charge in [-0.1, -0.05) is 26.0 Å². The second-order valence-electron chi connectivity index (χ2n) is 4.36. The zero-order valence-corrected chi connectivity index (χ0v) is 11.7. The van der Waals surface area contributed by atoms with Crippen molar-refractivity contribution in [3.05, 3.63) is 29.8 Å². The van der Waals surface area contributed by atoms with Gasteiger partial charge in [-0.25, -0.2) is 0 Å². The maximum atomic E-state index is 12.4. The van der Waals surface area contributed by atoms with Gasteiger partial charge in [0.2, 0.25) is 0 Å². The minimum absolute atomic E-state index is 0.124. The SMILES string of the molecule is CCCNc1ccccc1C(=O)N(CC)CCC. The van der Waals surface area contributed by atoms with Crippen LogP contribution in [-0.2, 0) is 0 Å². The van der Waals surface area contributed by atoms with Crippen LogP contribution in [0.2, 0.25) is 0 Å². The summed E-state index contributed by atoms with van der Waals surface area (Å²) in [6, 6.07) is 7.76. The van der Waals surface area contributed by atoms with E-state index in [4.69, 9.17) is 0 Å². The lowest BCUT2D eigenvalue weighted by Gasteiger charge is -2.21. The summed E-state index contributed by atoms with van der Waals surface area (Å²) in [5.41, 5.74) is 1.72. The minimum atomic E-state index is 0.124. The summed E-state index contributed by atoms with van der Waals surface area (Å²) in [6.07, 6.45) is 2.04. The molecule has 0 saturated heterocycles. The zero-order chi connectivity index (χ0) is 13.4. The van der Waals surface area contributed by atoms with Gasteiger partial charge in [0.05, 0.1) is 5.56 Å². The van der Waals surface area contributed by atoms with E-state index in [1.165, 1.54) is 0 Å². The molecule has 1 amide bonds. The number of hydrogen-bond acceptors (Lipinski definition) is 2. The van der Waals surface area contributed by atoms with Crippen molar-refractivity contribution >= 4 is 11.6 Å². The Morgan fingerprint density at radius 3 is 2.50 bits per heavy atom. The number of rotatable bonds is 7. The van der Waals surface area contributed by atoms with Crippen molar-refractivity contribution < 1.29 is 4.79 Å². The monoisotopic (exact) mass is 248 g/mol. The summed E-state index contributed by atoms with van der Waals surface area (Å²) >= 11 is 0. The van der Waals surface area contributed by atoms with Crippen LogP contribution >= 0.6 is 0 Å². The molecule has 1 aromatic rings. The first-order valence-electron chi connectivity index (χ1n) is 6.86. The number of anilines is 1. The molecule has 100 valence electrons. The van der Waals surface area contributed by atoms with Crippen LogP contribution in [0.15, 0.2) is 24.3 Å². The third-order valence-electron chi connectivity index (χ3n) is 2.89. The average Bonchev–Trinajstić information content (AvgIpc) is 2.42. The van der Waals surface area contributed by atoms with Crippen LogP contribution in [-0.4, -0.2) is 30.4 Å². The van der Waals surface area contributed by atoms with Gasteiger partial charge in [0, 0.05) is 25.3 Å². The third kappa shape index (κ3) is 3.76. The smallest absolute Gasteiger partial charge is 0.255 e. The number of nitrogens with zero attached hydrogens (tertiary/aromatic N) is 1. The summed E-state index contributed by atoms with van der Waals surface area (Å²) in [6.45, 7) is 8.70. The molecular weight excluding hydrogens is 224 g/mol. The largest absolute Gasteiger partial charge is 0.384 e. The molecule has 0 radical (unpaired) electrons. The van der Waals surface area contributed by atoms with Crippen molar-refractivity contribution in [1.82, 2.24) is 4.90 Å². The Bertz CT molecular complexity index is 377. The van der Waals surface area contributed by atoms with Gasteiger partial charge < -0.3 is 10.2 Å². The van der Waals surface area contributed by atoms with E-state index in [0.717, 1.165) is 43.7 Å². The Kier molecular flexibility index (Phi) is 6.26. The van der Waals surface area contributed by atoms with E-state index in [1.807, 2.05) is 36.1 Å². The highest BCUT2D eigenvalue weighted by Crippen LogP contribution is 2.17. The zero-order valence-electron chi connectivity index (χ0n) is 11.7. The highest BCUT2D eigenvalue weighted by atomic mass is 16.2. The lowest BCUT2D eigenvalue weighted by molar-refractivity contribution is 0.0765. The molecule has 0 bridgehead atoms. The van der Waals surface area contributed by atoms with Crippen LogP contribution in [0.5, 0.6) is 0 Å². The molecule has 0 aliphatic carbocycles. The topological polar surface area (TPSA) is 32.3 Å². The van der Waals surface area contributed by atoms with Crippen molar-refractivity contribution in [2.45, 2.75) is 33.6 Å². The number of para-hydroxylation sites is 1. The van der Waals surface area contributed by atoms with E-state index in [9.17, 15) is 4.79 Å². The molecular formula is C15H24N2O. The number of nitrogens with one attached hydrogen (secondary N) is 1. The maximum Gasteiger partial charge on any atom is 0.255 e. The van der Waals surface area contributed by atoms with E-state index < -0.39 is 0 Å². The van der Waals surface area contributed by atoms with Crippen molar-refractivity contribution in [3.8, 4) is 0 Å². The normalized spacial score (nSPS) is 10.2. The molecule has 0 unspecified atom stereocenters. The molecule has 3 nitrogen and oxygen atoms in total. The van der Waals surface area contributed by atoms with Crippen LogP contribution < -0.4 is 5.32 Å². The highest BCUT2D eigenvalue weighted by molar-refractivity contribution is 5.99. The molecule has 0 heterocycles. The summed E-state index contributed by atoms with van der Waals surface area (Å²) in [4.78, 5) is 14.3. The summed E-state index contributed by atoms with van der Waals surface area (Å²) in [7, 11) is 0. The first kappa shape index (κ1) is 14.6. The van der Waals surface area contributed by atoms with E-state index in [0.29, 0.717) is 0 Å². The molecule has 0 aromatic heterocycles. The first-order chi connectivity index (χ1) is 8.74. The molecule has 3 heteroatoms. The Morgan fingerprint density at radius 1 is 1.17 bits per heavy atom. The molecule has 0 saturated carbocycles. The summed E-state index contributed by atoms with van der Waals surface area (Å²) in [5, 5.41) is 3.32. The highest BCUT2D eigenvalue weighted by Gasteiger charge is 2.16. The van der Waals surface area contributed by atoms with Crippen molar-refractivity contribution in [2.75, 3.05) is 25.0 Å². The van der Waals surface area contributed by atoms with E-state index in [1.54, 1.807) is 0 Å². The van der Waals surface area contributed by atoms with Crippen molar-refractivity contribution in [1.29, 1.82) is 0 Å². The average molecular weight is 248 g/mol. The van der Waals surface area contributed by atoms with E-state index >= 15 is 0 Å². The minimum Gasteiger partial charge on any atom is -0.384 e. The first-order valence-corrected chi connectivity index (χ1v) is 6.86. The van der Waals surface area contributed by atoms with E-state index in [-0.39, 0.29) is 5.91 Å². The number of carbonyl (C=O) groups is 1. The Morgan fingerprint density at radius 2 is 1.89 bits per heavy atom. The Labute approximate surface area is 110 Å².